The normalized spacial score (nSPS) is 10.2. The smallest absolute Gasteiger partial charge is 0.275 e. The van der Waals surface area contributed by atoms with Crippen molar-refractivity contribution in [3.8, 4) is 11.5 Å². The van der Waals surface area contributed by atoms with Gasteiger partial charge in [-0.15, -0.1) is 0 Å². The minimum Gasteiger partial charge on any atom is -0.454 e. The van der Waals surface area contributed by atoms with Gasteiger partial charge in [-0.2, -0.15) is 4.39 Å². The number of anilines is 1. The van der Waals surface area contributed by atoms with Gasteiger partial charge in [0.2, 0.25) is 5.82 Å². The largest absolute Gasteiger partial charge is 0.454 e. The third-order valence-electron chi connectivity index (χ3n) is 2.27. The number of hydrogen-bond donors (Lipinski definition) is 1. The molecule has 0 aromatic heterocycles. The van der Waals surface area contributed by atoms with E-state index in [1.165, 1.54) is 18.2 Å². The molecule has 0 spiro atoms. The maximum atomic E-state index is 13.4. The Hall–Kier alpha value is -2.70. The van der Waals surface area contributed by atoms with Gasteiger partial charge in [-0.1, -0.05) is 6.07 Å². The van der Waals surface area contributed by atoms with Crippen LogP contribution in [0.15, 0.2) is 36.4 Å². The first-order valence-electron chi connectivity index (χ1n) is 5.14. The van der Waals surface area contributed by atoms with Crippen LogP contribution in [-0.4, -0.2) is 4.92 Å². The van der Waals surface area contributed by atoms with Crippen molar-refractivity contribution in [2.45, 2.75) is 0 Å². The molecule has 7 heteroatoms. The van der Waals surface area contributed by atoms with E-state index in [4.69, 9.17) is 10.5 Å². The predicted octanol–water partition coefficient (Wildman–Crippen LogP) is 3.25. The minimum atomic E-state index is -1.17. The molecule has 19 heavy (non-hydrogen) atoms. The monoisotopic (exact) mass is 266 g/mol. The molecule has 2 aromatic rings. The Morgan fingerprint density at radius 2 is 1.95 bits per heavy atom. The molecule has 0 atom stereocenters. The predicted molar refractivity (Wildman–Crippen MR) is 63.9 cm³/mol. The second kappa shape index (κ2) is 4.89. The number of benzene rings is 2. The third-order valence-corrected chi connectivity index (χ3v) is 2.27. The Bertz CT molecular complexity index is 647. The van der Waals surface area contributed by atoms with E-state index in [0.717, 1.165) is 18.2 Å². The zero-order chi connectivity index (χ0) is 14.0. The van der Waals surface area contributed by atoms with Crippen LogP contribution < -0.4 is 10.5 Å². The highest BCUT2D eigenvalue weighted by Crippen LogP contribution is 2.30. The number of hydrogen-bond acceptors (Lipinski definition) is 4. The molecule has 98 valence electrons. The number of nitro groups is 1. The molecule has 0 fully saturated rings. The molecule has 0 aliphatic carbocycles. The summed E-state index contributed by atoms with van der Waals surface area (Å²) in [5.41, 5.74) is 5.25. The quantitative estimate of drug-likeness (QED) is 0.525. The molecule has 0 saturated carbocycles. The standard InChI is InChI=1S/C12H8F2N2O3/c13-10-2-1-3-11(12(10)14)19-9-5-7(15)4-8(6-9)16(17)18/h1-6H,15H2. The number of non-ortho nitro benzene ring substituents is 1. The van der Waals surface area contributed by atoms with E-state index in [-0.39, 0.29) is 22.9 Å². The number of ether oxygens (including phenoxy) is 1. The summed E-state index contributed by atoms with van der Waals surface area (Å²) >= 11 is 0. The fourth-order valence-electron chi connectivity index (χ4n) is 1.46. The van der Waals surface area contributed by atoms with Crippen molar-refractivity contribution in [2.24, 2.45) is 0 Å². The van der Waals surface area contributed by atoms with Gasteiger partial charge in [0.15, 0.2) is 11.6 Å². The first-order chi connectivity index (χ1) is 8.97. The summed E-state index contributed by atoms with van der Waals surface area (Å²) in [6.45, 7) is 0. The molecule has 0 aliphatic rings. The molecule has 0 unspecified atom stereocenters. The first-order valence-corrected chi connectivity index (χ1v) is 5.14. The van der Waals surface area contributed by atoms with Crippen LogP contribution in [0.3, 0.4) is 0 Å². The number of rotatable bonds is 3. The van der Waals surface area contributed by atoms with Crippen molar-refractivity contribution in [1.29, 1.82) is 0 Å². The highest BCUT2D eigenvalue weighted by atomic mass is 19.2. The van der Waals surface area contributed by atoms with Crippen molar-refractivity contribution < 1.29 is 18.4 Å². The van der Waals surface area contributed by atoms with Crippen LogP contribution >= 0.6 is 0 Å². The number of nitrogen functional groups attached to an aromatic ring is 1. The number of nitrogens with two attached hydrogens (primary N) is 1. The maximum Gasteiger partial charge on any atom is 0.275 e. The van der Waals surface area contributed by atoms with Gasteiger partial charge >= 0.3 is 0 Å². The van der Waals surface area contributed by atoms with Gasteiger partial charge in [0.25, 0.3) is 5.69 Å². The first kappa shape index (κ1) is 12.7. The van der Waals surface area contributed by atoms with E-state index in [1.54, 1.807) is 0 Å². The molecule has 0 saturated heterocycles. The van der Waals surface area contributed by atoms with E-state index in [0.29, 0.717) is 0 Å². The van der Waals surface area contributed by atoms with Crippen LogP contribution in [0, 0.1) is 21.7 Å². The Balaban J connectivity index is 2.38. The molecule has 0 radical (unpaired) electrons. The summed E-state index contributed by atoms with van der Waals surface area (Å²) in [5.74, 6) is -2.67. The zero-order valence-corrected chi connectivity index (χ0v) is 9.47. The second-order valence-electron chi connectivity index (χ2n) is 3.67. The lowest BCUT2D eigenvalue weighted by Crippen LogP contribution is -1.95. The number of halogens is 2. The Kier molecular flexibility index (Phi) is 3.28. The molecule has 5 nitrogen and oxygen atoms in total. The van der Waals surface area contributed by atoms with E-state index in [9.17, 15) is 18.9 Å². The van der Waals surface area contributed by atoms with Crippen molar-refractivity contribution in [3.05, 3.63) is 58.1 Å². The van der Waals surface area contributed by atoms with E-state index in [2.05, 4.69) is 0 Å². The average molecular weight is 266 g/mol. The highest BCUT2D eigenvalue weighted by molar-refractivity contribution is 5.54. The number of nitrogens with zero attached hydrogens (tertiary/aromatic N) is 1. The van der Waals surface area contributed by atoms with Crippen LogP contribution in [-0.2, 0) is 0 Å². The van der Waals surface area contributed by atoms with Gasteiger partial charge in [-0.25, -0.2) is 4.39 Å². The summed E-state index contributed by atoms with van der Waals surface area (Å²) in [6.07, 6.45) is 0. The SMILES string of the molecule is Nc1cc(Oc2cccc(F)c2F)cc([N+](=O)[O-])c1. The molecular weight excluding hydrogens is 258 g/mol. The molecule has 0 amide bonds. The topological polar surface area (TPSA) is 78.4 Å². The Labute approximate surface area is 106 Å². The van der Waals surface area contributed by atoms with Gasteiger partial charge in [0.1, 0.15) is 5.75 Å². The maximum absolute atomic E-state index is 13.4. The highest BCUT2D eigenvalue weighted by Gasteiger charge is 2.13. The summed E-state index contributed by atoms with van der Waals surface area (Å²) in [4.78, 5) is 9.98. The summed E-state index contributed by atoms with van der Waals surface area (Å²) in [5, 5.41) is 10.6. The van der Waals surface area contributed by atoms with Gasteiger partial charge < -0.3 is 10.5 Å². The molecule has 2 rings (SSSR count). The van der Waals surface area contributed by atoms with Crippen molar-refractivity contribution in [3.63, 3.8) is 0 Å². The fourth-order valence-corrected chi connectivity index (χ4v) is 1.46. The van der Waals surface area contributed by atoms with Gasteiger partial charge in [-0.05, 0) is 12.1 Å². The zero-order valence-electron chi connectivity index (χ0n) is 9.47. The van der Waals surface area contributed by atoms with Gasteiger partial charge in [0, 0.05) is 17.8 Å². The second-order valence-corrected chi connectivity index (χ2v) is 3.67. The Morgan fingerprint density at radius 1 is 1.21 bits per heavy atom. The van der Waals surface area contributed by atoms with E-state index >= 15 is 0 Å². The van der Waals surface area contributed by atoms with Gasteiger partial charge in [0.05, 0.1) is 11.0 Å². The van der Waals surface area contributed by atoms with Crippen LogP contribution in [0.25, 0.3) is 0 Å². The summed E-state index contributed by atoms with van der Waals surface area (Å²) in [7, 11) is 0. The lowest BCUT2D eigenvalue weighted by molar-refractivity contribution is -0.384. The van der Waals surface area contributed by atoms with Crippen molar-refractivity contribution >= 4 is 11.4 Å². The summed E-state index contributed by atoms with van der Waals surface area (Å²) < 4.78 is 31.4. The van der Waals surface area contributed by atoms with Crippen LogP contribution in [0.1, 0.15) is 0 Å². The average Bonchev–Trinajstić information content (AvgIpc) is 2.34. The lowest BCUT2D eigenvalue weighted by atomic mass is 10.2. The number of nitro benzene ring substituents is 1. The molecule has 2 N–H and O–H groups in total. The van der Waals surface area contributed by atoms with Crippen LogP contribution in [0.5, 0.6) is 11.5 Å². The van der Waals surface area contributed by atoms with Crippen molar-refractivity contribution in [1.82, 2.24) is 0 Å². The lowest BCUT2D eigenvalue weighted by Gasteiger charge is -2.07. The third kappa shape index (κ3) is 2.76. The molecular formula is C12H8F2N2O3. The fraction of sp³-hybridized carbons (Fsp3) is 0. The minimum absolute atomic E-state index is 0.0452. The summed E-state index contributed by atoms with van der Waals surface area (Å²) in [6, 6.07) is 6.87. The Morgan fingerprint density at radius 3 is 2.63 bits per heavy atom. The molecule has 0 heterocycles. The van der Waals surface area contributed by atoms with Crippen LogP contribution in [0.4, 0.5) is 20.2 Å². The molecule has 0 aliphatic heterocycles. The molecule has 0 bridgehead atoms. The van der Waals surface area contributed by atoms with E-state index < -0.39 is 16.6 Å². The van der Waals surface area contributed by atoms with Crippen LogP contribution in [0.2, 0.25) is 0 Å². The van der Waals surface area contributed by atoms with E-state index in [1.807, 2.05) is 0 Å². The molecule has 2 aromatic carbocycles. The van der Waals surface area contributed by atoms with Crippen molar-refractivity contribution in [2.75, 3.05) is 5.73 Å². The van der Waals surface area contributed by atoms with Gasteiger partial charge in [-0.3, -0.25) is 10.1 Å².